The number of aryl methyl sites for hydroxylation is 1. The second kappa shape index (κ2) is 5.69. The van der Waals surface area contributed by atoms with E-state index in [1.54, 1.807) is 18.7 Å². The zero-order valence-corrected chi connectivity index (χ0v) is 12.8. The molecule has 1 unspecified atom stereocenters. The average molecular weight is 301 g/mol. The average Bonchev–Trinajstić information content (AvgIpc) is 3.07. The maximum Gasteiger partial charge on any atom is 0.239 e. The second-order valence-electron chi connectivity index (χ2n) is 4.67. The summed E-state index contributed by atoms with van der Waals surface area (Å²) in [6, 6.07) is 9.99. The molecule has 21 heavy (non-hydrogen) atoms. The van der Waals surface area contributed by atoms with Crippen molar-refractivity contribution < 1.29 is 4.52 Å². The van der Waals surface area contributed by atoms with E-state index >= 15 is 0 Å². The third-order valence-corrected chi connectivity index (χ3v) is 4.16. The molecule has 0 bridgehead atoms. The minimum Gasteiger partial charge on any atom is -0.338 e. The first-order chi connectivity index (χ1) is 10.1. The van der Waals surface area contributed by atoms with Crippen LogP contribution in [0.25, 0.3) is 11.4 Å². The molecule has 108 valence electrons. The molecule has 0 N–H and O–H groups in total. The fraction of sp³-hybridized carbons (Fsp3) is 0.286. The molecule has 0 saturated carbocycles. The quantitative estimate of drug-likeness (QED) is 0.690. The predicted octanol–water partition coefficient (Wildman–Crippen LogP) is 3.03. The van der Waals surface area contributed by atoms with E-state index in [9.17, 15) is 0 Å². The summed E-state index contributed by atoms with van der Waals surface area (Å²) < 4.78 is 7.16. The molecule has 1 aromatic carbocycles. The third kappa shape index (κ3) is 2.82. The molecular weight excluding hydrogens is 286 g/mol. The first-order valence-electron chi connectivity index (χ1n) is 6.57. The van der Waals surface area contributed by atoms with Crippen molar-refractivity contribution in [3.63, 3.8) is 0 Å². The van der Waals surface area contributed by atoms with Gasteiger partial charge in [-0.2, -0.15) is 4.98 Å². The molecule has 0 spiro atoms. The van der Waals surface area contributed by atoms with Crippen LogP contribution in [0.1, 0.15) is 23.9 Å². The number of nitrogens with zero attached hydrogens (tertiary/aromatic N) is 5. The lowest BCUT2D eigenvalue weighted by Gasteiger charge is -2.06. The molecule has 3 rings (SSSR count). The van der Waals surface area contributed by atoms with Gasteiger partial charge < -0.3 is 9.09 Å². The Morgan fingerprint density at radius 3 is 2.62 bits per heavy atom. The Balaban J connectivity index is 1.83. The van der Waals surface area contributed by atoms with Crippen molar-refractivity contribution in [2.45, 2.75) is 24.3 Å². The number of hydrogen-bond acceptors (Lipinski definition) is 6. The smallest absolute Gasteiger partial charge is 0.239 e. The normalized spacial score (nSPS) is 12.5. The Hall–Kier alpha value is -2.15. The van der Waals surface area contributed by atoms with Crippen LogP contribution in [0.5, 0.6) is 0 Å². The van der Waals surface area contributed by atoms with E-state index < -0.39 is 0 Å². The number of thioether (sulfide) groups is 1. The summed E-state index contributed by atoms with van der Waals surface area (Å²) in [6.45, 7) is 3.81. The second-order valence-corrected chi connectivity index (χ2v) is 5.98. The minimum absolute atomic E-state index is 0.0257. The van der Waals surface area contributed by atoms with Crippen molar-refractivity contribution in [3.05, 3.63) is 42.0 Å². The molecular formula is C14H15N5OS. The van der Waals surface area contributed by atoms with Crippen LogP contribution in [0, 0.1) is 6.92 Å². The molecule has 0 aliphatic carbocycles. The van der Waals surface area contributed by atoms with Gasteiger partial charge in [0.25, 0.3) is 0 Å². The van der Waals surface area contributed by atoms with Crippen molar-refractivity contribution in [2.24, 2.45) is 7.05 Å². The van der Waals surface area contributed by atoms with E-state index in [4.69, 9.17) is 4.52 Å². The Morgan fingerprint density at radius 1 is 1.19 bits per heavy atom. The summed E-state index contributed by atoms with van der Waals surface area (Å²) >= 11 is 1.55. The van der Waals surface area contributed by atoms with Crippen LogP contribution in [0.2, 0.25) is 0 Å². The fourth-order valence-electron chi connectivity index (χ4n) is 1.94. The highest BCUT2D eigenvalue weighted by Crippen LogP contribution is 2.33. The first-order valence-corrected chi connectivity index (χ1v) is 7.45. The molecule has 7 heteroatoms. The van der Waals surface area contributed by atoms with E-state index in [0.29, 0.717) is 11.7 Å². The molecule has 0 fully saturated rings. The molecule has 0 aliphatic heterocycles. The summed E-state index contributed by atoms with van der Waals surface area (Å²) in [5.41, 5.74) is 1.04. The van der Waals surface area contributed by atoms with Gasteiger partial charge in [0.1, 0.15) is 0 Å². The van der Waals surface area contributed by atoms with Crippen LogP contribution in [0.4, 0.5) is 0 Å². The number of rotatable bonds is 4. The molecule has 2 aromatic heterocycles. The highest BCUT2D eigenvalue weighted by Gasteiger charge is 2.19. The Kier molecular flexibility index (Phi) is 3.74. The van der Waals surface area contributed by atoms with Crippen LogP contribution in [-0.2, 0) is 7.05 Å². The van der Waals surface area contributed by atoms with Gasteiger partial charge in [-0.1, -0.05) is 47.3 Å². The SMILES string of the molecule is Cc1noc(C(C)Sc2nnc(-c3ccccc3)n2C)n1. The largest absolute Gasteiger partial charge is 0.338 e. The van der Waals surface area contributed by atoms with Crippen LogP contribution < -0.4 is 0 Å². The van der Waals surface area contributed by atoms with Gasteiger partial charge >= 0.3 is 0 Å². The Bertz CT molecular complexity index is 737. The predicted molar refractivity (Wildman–Crippen MR) is 79.7 cm³/mol. The highest BCUT2D eigenvalue weighted by molar-refractivity contribution is 7.99. The van der Waals surface area contributed by atoms with Crippen LogP contribution >= 0.6 is 11.8 Å². The van der Waals surface area contributed by atoms with Crippen molar-refractivity contribution in [3.8, 4) is 11.4 Å². The number of hydrogen-bond donors (Lipinski definition) is 0. The zero-order valence-electron chi connectivity index (χ0n) is 12.0. The van der Waals surface area contributed by atoms with Crippen molar-refractivity contribution >= 4 is 11.8 Å². The third-order valence-electron chi connectivity index (χ3n) is 3.04. The van der Waals surface area contributed by atoms with E-state index in [-0.39, 0.29) is 5.25 Å². The number of benzene rings is 1. The molecule has 0 amide bonds. The maximum absolute atomic E-state index is 5.19. The van der Waals surface area contributed by atoms with Gasteiger partial charge in [-0.15, -0.1) is 10.2 Å². The first kappa shape index (κ1) is 13.8. The molecule has 1 atom stereocenters. The molecule has 6 nitrogen and oxygen atoms in total. The van der Waals surface area contributed by atoms with Crippen molar-refractivity contribution in [1.82, 2.24) is 24.9 Å². The molecule has 0 aliphatic rings. The molecule has 0 radical (unpaired) electrons. The minimum atomic E-state index is 0.0257. The van der Waals surface area contributed by atoms with Gasteiger partial charge in [0, 0.05) is 12.6 Å². The van der Waals surface area contributed by atoms with Gasteiger partial charge in [0.2, 0.25) is 5.89 Å². The standard InChI is InChI=1S/C14H15N5OS/c1-9(13-15-10(2)18-20-13)21-14-17-16-12(19(14)3)11-7-5-4-6-8-11/h4-9H,1-3H3. The monoisotopic (exact) mass is 301 g/mol. The van der Waals surface area contributed by atoms with E-state index in [0.717, 1.165) is 16.5 Å². The zero-order chi connectivity index (χ0) is 14.8. The maximum atomic E-state index is 5.19. The molecule has 3 aromatic rings. The Labute approximate surface area is 126 Å². The topological polar surface area (TPSA) is 69.6 Å². The van der Waals surface area contributed by atoms with Crippen molar-refractivity contribution in [1.29, 1.82) is 0 Å². The van der Waals surface area contributed by atoms with E-state index in [1.165, 1.54) is 0 Å². The van der Waals surface area contributed by atoms with Gasteiger partial charge in [0.05, 0.1) is 5.25 Å². The molecule has 0 saturated heterocycles. The molecule has 2 heterocycles. The summed E-state index contributed by atoms with van der Waals surface area (Å²) in [7, 11) is 1.95. The van der Waals surface area contributed by atoms with Crippen LogP contribution in [0.15, 0.2) is 40.0 Å². The van der Waals surface area contributed by atoms with Crippen LogP contribution in [-0.4, -0.2) is 24.9 Å². The lowest BCUT2D eigenvalue weighted by atomic mass is 10.2. The van der Waals surface area contributed by atoms with Gasteiger partial charge in [0.15, 0.2) is 16.8 Å². The summed E-state index contributed by atoms with van der Waals surface area (Å²) in [4.78, 5) is 4.25. The summed E-state index contributed by atoms with van der Waals surface area (Å²) in [6.07, 6.45) is 0. The van der Waals surface area contributed by atoms with Gasteiger partial charge in [-0.3, -0.25) is 0 Å². The van der Waals surface area contributed by atoms with Gasteiger partial charge in [-0.05, 0) is 13.8 Å². The highest BCUT2D eigenvalue weighted by atomic mass is 32.2. The fourth-order valence-corrected chi connectivity index (χ4v) is 2.79. The Morgan fingerprint density at radius 2 is 1.95 bits per heavy atom. The lowest BCUT2D eigenvalue weighted by molar-refractivity contribution is 0.376. The lowest BCUT2D eigenvalue weighted by Crippen LogP contribution is -1.97. The number of aromatic nitrogens is 5. The summed E-state index contributed by atoms with van der Waals surface area (Å²) in [5, 5.41) is 13.2. The van der Waals surface area contributed by atoms with Crippen molar-refractivity contribution in [2.75, 3.05) is 0 Å². The van der Waals surface area contributed by atoms with E-state index in [1.807, 2.05) is 48.9 Å². The van der Waals surface area contributed by atoms with Crippen LogP contribution in [0.3, 0.4) is 0 Å². The van der Waals surface area contributed by atoms with E-state index in [2.05, 4.69) is 20.3 Å². The van der Waals surface area contributed by atoms with Gasteiger partial charge in [-0.25, -0.2) is 0 Å². The summed E-state index contributed by atoms with van der Waals surface area (Å²) in [5.74, 6) is 2.08.